The van der Waals surface area contributed by atoms with Crippen LogP contribution in [0.15, 0.2) is 25.7 Å². The lowest BCUT2D eigenvalue weighted by atomic mass is 11.1. The van der Waals surface area contributed by atoms with Gasteiger partial charge in [-0.05, 0) is 13.2 Å². The molecular formula is C4H6OSi+. The molecule has 0 aliphatic carbocycles. The van der Waals surface area contributed by atoms with Crippen LogP contribution in [-0.4, -0.2) is 10.5 Å². The first-order valence-corrected chi connectivity index (χ1v) is 1.90. The van der Waals surface area contributed by atoms with Gasteiger partial charge in [-0.15, -0.1) is 0 Å². The van der Waals surface area contributed by atoms with Crippen LogP contribution in [0.3, 0.4) is 0 Å². The van der Waals surface area contributed by atoms with Gasteiger partial charge in [-0.25, -0.2) is 0 Å². The van der Waals surface area contributed by atoms with Gasteiger partial charge in [-0.1, -0.05) is 0 Å². The minimum Gasteiger partial charge on any atom is -0.644 e. The molecule has 0 unspecified atom stereocenters. The summed E-state index contributed by atoms with van der Waals surface area (Å²) >= 11 is 0. The van der Waals surface area contributed by atoms with Crippen LogP contribution in [0.25, 0.3) is 0 Å². The zero-order chi connectivity index (χ0) is 4.99. The van der Waals surface area contributed by atoms with Gasteiger partial charge in [0.1, 0.15) is 0 Å². The van der Waals surface area contributed by atoms with Crippen molar-refractivity contribution in [2.24, 2.45) is 0 Å². The smallest absolute Gasteiger partial charge is 0.644 e. The summed E-state index contributed by atoms with van der Waals surface area (Å²) in [4.78, 5) is 0. The standard InChI is InChI=1S/C4H6OSi/c1-3-5(6)4-2/h3-4H,1-2H2/q+1. The van der Waals surface area contributed by atoms with Crippen molar-refractivity contribution in [2.75, 3.05) is 0 Å². The highest BCUT2D eigenvalue weighted by Gasteiger charge is 1.79. The second kappa shape index (κ2) is 2.72. The highest BCUT2D eigenvalue weighted by molar-refractivity contribution is 6.00. The maximum absolute atomic E-state index is 3.40. The quantitative estimate of drug-likeness (QED) is 0.274. The predicted octanol–water partition coefficient (Wildman–Crippen LogP) is 0.909. The highest BCUT2D eigenvalue weighted by Crippen LogP contribution is 1.84. The molecule has 3 radical (unpaired) electrons. The van der Waals surface area contributed by atoms with Gasteiger partial charge in [0.25, 0.3) is 0 Å². The third kappa shape index (κ3) is 1.78. The van der Waals surface area contributed by atoms with Crippen molar-refractivity contribution < 1.29 is 4.06 Å². The molecule has 0 fully saturated rings. The van der Waals surface area contributed by atoms with E-state index >= 15 is 0 Å². The summed E-state index contributed by atoms with van der Waals surface area (Å²) in [5.74, 6) is 0. The number of hydrogen-bond acceptors (Lipinski definition) is 0. The summed E-state index contributed by atoms with van der Waals surface area (Å²) in [5, 5.41) is 0. The minimum absolute atomic E-state index is 1.52. The summed E-state index contributed by atoms with van der Waals surface area (Å²) in [6.45, 7) is 6.80. The molecule has 0 saturated heterocycles. The van der Waals surface area contributed by atoms with E-state index in [4.69, 9.17) is 0 Å². The third-order valence-electron chi connectivity index (χ3n) is 0.359. The van der Waals surface area contributed by atoms with Gasteiger partial charge in [-0.3, -0.25) is 0 Å². The summed E-state index contributed by atoms with van der Waals surface area (Å²) in [5.41, 5.74) is 0. The zero-order valence-corrected chi connectivity index (χ0v) is 4.48. The third-order valence-corrected chi connectivity index (χ3v) is 0.692. The molecule has 0 bridgehead atoms. The second-order valence-corrected chi connectivity index (χ2v) is 1.18. The van der Waals surface area contributed by atoms with Crippen molar-refractivity contribution >= 4 is 10.5 Å². The second-order valence-electron chi connectivity index (χ2n) is 0.705. The fraction of sp³-hybridized carbons (Fsp3) is 0. The largest absolute Gasteiger partial charge is 0.715 e. The van der Waals surface area contributed by atoms with E-state index < -0.39 is 0 Å². The summed E-state index contributed by atoms with van der Waals surface area (Å²) in [7, 11) is 3.03. The maximum Gasteiger partial charge on any atom is 0.715 e. The van der Waals surface area contributed by atoms with E-state index in [9.17, 15) is 0 Å². The van der Waals surface area contributed by atoms with Gasteiger partial charge < -0.3 is 4.06 Å². The fourth-order valence-electron chi connectivity index (χ4n) is 0.0680. The molecule has 0 amide bonds. The Kier molecular flexibility index (Phi) is 2.49. The predicted molar refractivity (Wildman–Crippen MR) is 27.2 cm³/mol. The SMILES string of the molecule is C=C[O+]([Si])C=C. The minimum atomic E-state index is 1.52. The van der Waals surface area contributed by atoms with E-state index in [1.807, 2.05) is 0 Å². The first-order chi connectivity index (χ1) is 2.81. The average Bonchev–Trinajstić information content (AvgIpc) is 1.65. The van der Waals surface area contributed by atoms with Gasteiger partial charge in [0.15, 0.2) is 12.5 Å². The molecule has 6 heavy (non-hydrogen) atoms. The molecule has 0 spiro atoms. The highest BCUT2D eigenvalue weighted by atomic mass is 28.2. The molecule has 0 aromatic rings. The van der Waals surface area contributed by atoms with Crippen molar-refractivity contribution in [3.63, 3.8) is 0 Å². The Morgan fingerprint density at radius 3 is 1.67 bits per heavy atom. The molecule has 0 aromatic heterocycles. The molecule has 0 rings (SSSR count). The van der Waals surface area contributed by atoms with Crippen LogP contribution in [0.5, 0.6) is 0 Å². The molecule has 31 valence electrons. The average molecular weight is 98.2 g/mol. The van der Waals surface area contributed by atoms with E-state index in [1.165, 1.54) is 12.5 Å². The Morgan fingerprint density at radius 1 is 1.33 bits per heavy atom. The maximum atomic E-state index is 3.40. The van der Waals surface area contributed by atoms with Crippen LogP contribution in [0.4, 0.5) is 0 Å². The van der Waals surface area contributed by atoms with Crippen LogP contribution in [0, 0.1) is 0 Å². The molecule has 0 N–H and O–H groups in total. The van der Waals surface area contributed by atoms with E-state index in [2.05, 4.69) is 27.7 Å². The molecule has 2 heteroatoms. The topological polar surface area (TPSA) is 2.70 Å². The first kappa shape index (κ1) is 5.50. The van der Waals surface area contributed by atoms with Gasteiger partial charge in [0.2, 0.25) is 0 Å². The Balaban J connectivity index is 3.21. The molecular weight excluding hydrogens is 92.1 g/mol. The molecule has 1 nitrogen and oxygen atoms in total. The molecule has 0 aromatic carbocycles. The van der Waals surface area contributed by atoms with Gasteiger partial charge in [-0.2, -0.15) is 0 Å². The van der Waals surface area contributed by atoms with Gasteiger partial charge in [0, 0.05) is 0 Å². The van der Waals surface area contributed by atoms with E-state index in [-0.39, 0.29) is 0 Å². The Labute approximate surface area is 41.2 Å². The molecule has 0 aliphatic heterocycles. The lowest BCUT2D eigenvalue weighted by Crippen LogP contribution is -1.87. The van der Waals surface area contributed by atoms with Crippen LogP contribution in [0.2, 0.25) is 0 Å². The van der Waals surface area contributed by atoms with Gasteiger partial charge >= 0.3 is 10.5 Å². The number of rotatable bonds is 2. The van der Waals surface area contributed by atoms with Crippen LogP contribution >= 0.6 is 0 Å². The monoisotopic (exact) mass is 98.0 g/mol. The summed E-state index contributed by atoms with van der Waals surface area (Å²) in [6, 6.07) is 0. The summed E-state index contributed by atoms with van der Waals surface area (Å²) in [6.07, 6.45) is 3.04. The van der Waals surface area contributed by atoms with E-state index in [1.54, 1.807) is 0 Å². The lowest BCUT2D eigenvalue weighted by Gasteiger charge is -2.03. The lowest BCUT2D eigenvalue weighted by molar-refractivity contribution is 0.259. The Hall–Kier alpha value is -0.503. The van der Waals surface area contributed by atoms with Crippen LogP contribution < -0.4 is 0 Å². The Morgan fingerprint density at radius 2 is 1.67 bits per heavy atom. The number of hydrogen-bond donors (Lipinski definition) is 0. The molecule has 0 saturated carbocycles. The van der Waals surface area contributed by atoms with Crippen molar-refractivity contribution in [3.05, 3.63) is 25.7 Å². The molecule has 0 aliphatic rings. The Bertz CT molecular complexity index is 52.6. The van der Waals surface area contributed by atoms with Crippen LogP contribution in [-0.2, 0) is 4.06 Å². The summed E-state index contributed by atoms with van der Waals surface area (Å²) < 4.78 is 2.24. The zero-order valence-electron chi connectivity index (χ0n) is 3.48. The first-order valence-electron chi connectivity index (χ1n) is 1.49. The van der Waals surface area contributed by atoms with Gasteiger partial charge in [0.05, 0.1) is 0 Å². The molecule has 0 heterocycles. The van der Waals surface area contributed by atoms with Crippen molar-refractivity contribution in [1.82, 2.24) is 0 Å². The fourth-order valence-corrected chi connectivity index (χ4v) is 0.0680. The van der Waals surface area contributed by atoms with E-state index in [0.29, 0.717) is 0 Å². The van der Waals surface area contributed by atoms with Crippen molar-refractivity contribution in [3.8, 4) is 0 Å². The van der Waals surface area contributed by atoms with E-state index in [0.717, 1.165) is 0 Å². The van der Waals surface area contributed by atoms with Crippen molar-refractivity contribution in [2.45, 2.75) is 0 Å². The normalized spacial score (nSPS) is 6.83. The van der Waals surface area contributed by atoms with Crippen molar-refractivity contribution in [1.29, 1.82) is 0 Å². The molecule has 0 atom stereocenters. The van der Waals surface area contributed by atoms with Crippen LogP contribution in [0.1, 0.15) is 0 Å².